The Labute approximate surface area is 183 Å². The van der Waals surface area contributed by atoms with Gasteiger partial charge in [-0.2, -0.15) is 13.2 Å². The fourth-order valence-electron chi connectivity index (χ4n) is 3.74. The van der Waals surface area contributed by atoms with Gasteiger partial charge in [-0.05, 0) is 55.3 Å². The normalized spacial score (nSPS) is 18.9. The summed E-state index contributed by atoms with van der Waals surface area (Å²) in [6, 6.07) is 9.72. The molecule has 32 heavy (non-hydrogen) atoms. The fourth-order valence-corrected chi connectivity index (χ4v) is 3.74. The number of nitrogens with zero attached hydrogens (tertiary/aromatic N) is 1. The molecule has 1 fully saturated rings. The first-order valence-corrected chi connectivity index (χ1v) is 10.1. The van der Waals surface area contributed by atoms with Crippen LogP contribution < -0.4 is 10.1 Å². The van der Waals surface area contributed by atoms with Gasteiger partial charge in [0.2, 0.25) is 5.91 Å². The first-order valence-electron chi connectivity index (χ1n) is 10.1. The maximum Gasteiger partial charge on any atom is 0.416 e. The highest BCUT2D eigenvalue weighted by Crippen LogP contribution is 2.38. The van der Waals surface area contributed by atoms with E-state index in [0.717, 1.165) is 12.1 Å². The summed E-state index contributed by atoms with van der Waals surface area (Å²) in [6.45, 7) is 2.28. The van der Waals surface area contributed by atoms with Gasteiger partial charge >= 0.3 is 12.1 Å². The highest BCUT2D eigenvalue weighted by molar-refractivity contribution is 5.94. The number of alkyl halides is 3. The van der Waals surface area contributed by atoms with Crippen molar-refractivity contribution in [2.24, 2.45) is 5.92 Å². The van der Waals surface area contributed by atoms with E-state index in [2.05, 4.69) is 5.32 Å². The Balaban J connectivity index is 1.80. The first-order chi connectivity index (χ1) is 15.1. The highest BCUT2D eigenvalue weighted by Gasteiger charge is 2.40. The van der Waals surface area contributed by atoms with Gasteiger partial charge in [0.1, 0.15) is 5.75 Å². The summed E-state index contributed by atoms with van der Waals surface area (Å²) in [4.78, 5) is 38.4. The van der Waals surface area contributed by atoms with Gasteiger partial charge in [-0.3, -0.25) is 14.4 Å². The highest BCUT2D eigenvalue weighted by atomic mass is 19.4. The van der Waals surface area contributed by atoms with Gasteiger partial charge in [0.05, 0.1) is 17.5 Å². The fraction of sp³-hybridized carbons (Fsp3) is 0.348. The number of esters is 1. The summed E-state index contributed by atoms with van der Waals surface area (Å²) in [5.74, 6) is -1.57. The molecule has 9 heteroatoms. The van der Waals surface area contributed by atoms with Crippen molar-refractivity contribution in [2.75, 3.05) is 13.6 Å². The number of carbonyl (C=O) groups is 3. The van der Waals surface area contributed by atoms with Crippen molar-refractivity contribution in [1.82, 2.24) is 10.2 Å². The Kier molecular flexibility index (Phi) is 6.86. The number of hydrogen-bond donors (Lipinski definition) is 1. The molecule has 1 aliphatic rings. The number of hydrogen-bond acceptors (Lipinski definition) is 4. The van der Waals surface area contributed by atoms with E-state index in [4.69, 9.17) is 4.74 Å². The smallest absolute Gasteiger partial charge is 0.416 e. The Morgan fingerprint density at radius 2 is 1.72 bits per heavy atom. The molecule has 0 bridgehead atoms. The predicted octanol–water partition coefficient (Wildman–Crippen LogP) is 3.97. The molecule has 0 saturated carbocycles. The molecule has 1 N–H and O–H groups in total. The van der Waals surface area contributed by atoms with Crippen LogP contribution in [0.2, 0.25) is 0 Å². The third-order valence-electron chi connectivity index (χ3n) is 5.42. The van der Waals surface area contributed by atoms with E-state index >= 15 is 0 Å². The van der Waals surface area contributed by atoms with Gasteiger partial charge in [0, 0.05) is 25.6 Å². The lowest BCUT2D eigenvalue weighted by Crippen LogP contribution is -2.44. The van der Waals surface area contributed by atoms with E-state index in [0.29, 0.717) is 17.7 Å². The number of piperidine rings is 1. The molecule has 2 atom stereocenters. The first kappa shape index (κ1) is 23.3. The van der Waals surface area contributed by atoms with Crippen LogP contribution in [0.1, 0.15) is 47.3 Å². The Morgan fingerprint density at radius 1 is 1.09 bits per heavy atom. The van der Waals surface area contributed by atoms with E-state index in [1.165, 1.54) is 48.3 Å². The van der Waals surface area contributed by atoms with Gasteiger partial charge in [-0.15, -0.1) is 0 Å². The van der Waals surface area contributed by atoms with Gasteiger partial charge in [0.25, 0.3) is 5.91 Å². The third kappa shape index (κ3) is 5.09. The third-order valence-corrected chi connectivity index (χ3v) is 5.42. The monoisotopic (exact) mass is 448 g/mol. The number of nitrogens with one attached hydrogen (secondary N) is 1. The zero-order chi connectivity index (χ0) is 23.5. The molecular weight excluding hydrogens is 425 g/mol. The average Bonchev–Trinajstić information content (AvgIpc) is 2.75. The van der Waals surface area contributed by atoms with Crippen molar-refractivity contribution >= 4 is 17.8 Å². The van der Waals surface area contributed by atoms with Crippen LogP contribution in [0.25, 0.3) is 0 Å². The average molecular weight is 448 g/mol. The number of benzene rings is 2. The molecule has 1 saturated heterocycles. The van der Waals surface area contributed by atoms with Crippen LogP contribution in [0.5, 0.6) is 5.75 Å². The molecule has 170 valence electrons. The molecule has 0 spiro atoms. The maximum absolute atomic E-state index is 12.9. The molecule has 6 nitrogen and oxygen atoms in total. The topological polar surface area (TPSA) is 75.7 Å². The predicted molar refractivity (Wildman–Crippen MR) is 110 cm³/mol. The minimum Gasteiger partial charge on any atom is -0.426 e. The molecule has 0 aromatic heterocycles. The number of amides is 2. The SMILES string of the molecule is CCNC(=O)c1ccc(OC(=O)C2CCC(=O)N(C)C2c2ccc(C(F)(F)F)cc2)cc1. The second-order valence-electron chi connectivity index (χ2n) is 7.52. The number of rotatable bonds is 5. The Morgan fingerprint density at radius 3 is 2.28 bits per heavy atom. The molecule has 0 radical (unpaired) electrons. The lowest BCUT2D eigenvalue weighted by atomic mass is 9.84. The van der Waals surface area contributed by atoms with Crippen LogP contribution in [0.4, 0.5) is 13.2 Å². The van der Waals surface area contributed by atoms with Gasteiger partial charge < -0.3 is 15.0 Å². The van der Waals surface area contributed by atoms with Crippen molar-refractivity contribution in [3.63, 3.8) is 0 Å². The molecule has 2 aromatic carbocycles. The molecule has 3 rings (SSSR count). The maximum atomic E-state index is 12.9. The van der Waals surface area contributed by atoms with E-state index in [1.54, 1.807) is 6.92 Å². The van der Waals surface area contributed by atoms with Crippen molar-refractivity contribution in [1.29, 1.82) is 0 Å². The molecule has 2 amide bonds. The summed E-state index contributed by atoms with van der Waals surface area (Å²) in [6.07, 6.45) is -4.14. The van der Waals surface area contributed by atoms with Gasteiger partial charge in [0.15, 0.2) is 0 Å². The van der Waals surface area contributed by atoms with Crippen molar-refractivity contribution in [3.8, 4) is 5.75 Å². The van der Waals surface area contributed by atoms with Crippen molar-refractivity contribution in [3.05, 3.63) is 65.2 Å². The second kappa shape index (κ2) is 9.42. The van der Waals surface area contributed by atoms with Gasteiger partial charge in [-0.1, -0.05) is 12.1 Å². The van der Waals surface area contributed by atoms with Crippen molar-refractivity contribution in [2.45, 2.75) is 32.0 Å². The molecule has 2 aromatic rings. The molecular formula is C23H23F3N2O4. The Hall–Kier alpha value is -3.36. The quantitative estimate of drug-likeness (QED) is 0.555. The summed E-state index contributed by atoms with van der Waals surface area (Å²) in [5, 5.41) is 2.67. The minimum atomic E-state index is -4.48. The van der Waals surface area contributed by atoms with Crippen LogP contribution >= 0.6 is 0 Å². The zero-order valence-corrected chi connectivity index (χ0v) is 17.6. The van der Waals surface area contributed by atoms with E-state index in [9.17, 15) is 27.6 Å². The summed E-state index contributed by atoms with van der Waals surface area (Å²) in [7, 11) is 1.52. The van der Waals surface area contributed by atoms with Gasteiger partial charge in [-0.25, -0.2) is 0 Å². The number of likely N-dealkylation sites (tertiary alicyclic amines) is 1. The minimum absolute atomic E-state index is 0.129. The number of ether oxygens (including phenoxy) is 1. The number of carbonyl (C=O) groups excluding carboxylic acids is 3. The summed E-state index contributed by atoms with van der Waals surface area (Å²) < 4.78 is 44.2. The largest absolute Gasteiger partial charge is 0.426 e. The van der Waals surface area contributed by atoms with Crippen LogP contribution in [0, 0.1) is 5.92 Å². The summed E-state index contributed by atoms with van der Waals surface area (Å²) >= 11 is 0. The standard InChI is InChI=1S/C23H23F3N2O4/c1-3-27-21(30)15-6-10-17(11-7-15)32-22(31)18-12-13-19(29)28(2)20(18)14-4-8-16(9-5-14)23(24,25)26/h4-11,18,20H,3,12-13H2,1-2H3,(H,27,30). The van der Waals surface area contributed by atoms with E-state index in [1.807, 2.05) is 0 Å². The molecule has 1 heterocycles. The molecule has 2 unspecified atom stereocenters. The van der Waals surface area contributed by atoms with Crippen LogP contribution in [0.3, 0.4) is 0 Å². The van der Waals surface area contributed by atoms with Crippen molar-refractivity contribution < 1.29 is 32.3 Å². The summed E-state index contributed by atoms with van der Waals surface area (Å²) in [5.41, 5.74) is 0.0247. The van der Waals surface area contributed by atoms with Crippen LogP contribution in [-0.4, -0.2) is 36.3 Å². The lowest BCUT2D eigenvalue weighted by Gasteiger charge is -2.38. The number of halogens is 3. The molecule has 1 aliphatic heterocycles. The van der Waals surface area contributed by atoms with Crippen LogP contribution in [-0.2, 0) is 15.8 Å². The van der Waals surface area contributed by atoms with E-state index < -0.39 is 29.7 Å². The van der Waals surface area contributed by atoms with E-state index in [-0.39, 0.29) is 30.4 Å². The lowest BCUT2D eigenvalue weighted by molar-refractivity contribution is -0.149. The second-order valence-corrected chi connectivity index (χ2v) is 7.52. The molecule has 0 aliphatic carbocycles. The van der Waals surface area contributed by atoms with Crippen LogP contribution in [0.15, 0.2) is 48.5 Å². The zero-order valence-electron chi connectivity index (χ0n) is 17.6. The Bertz CT molecular complexity index is 988.